The van der Waals surface area contributed by atoms with Gasteiger partial charge in [-0.15, -0.1) is 0 Å². The Morgan fingerprint density at radius 2 is 1.70 bits per heavy atom. The molecular formula is C31H38N4O5. The quantitative estimate of drug-likeness (QED) is 0.210. The molecule has 1 heterocycles. The predicted molar refractivity (Wildman–Crippen MR) is 159 cm³/mol. The van der Waals surface area contributed by atoms with Crippen molar-refractivity contribution in [2.75, 3.05) is 14.2 Å². The fourth-order valence-corrected chi connectivity index (χ4v) is 4.44. The molecule has 40 heavy (non-hydrogen) atoms. The number of H-pyrrole nitrogens is 1. The van der Waals surface area contributed by atoms with Crippen LogP contribution in [0.25, 0.3) is 11.1 Å². The van der Waals surface area contributed by atoms with Gasteiger partial charge in [-0.2, -0.15) is 10.2 Å². The molecule has 0 fully saturated rings. The van der Waals surface area contributed by atoms with E-state index in [0.29, 0.717) is 47.0 Å². The summed E-state index contributed by atoms with van der Waals surface area (Å²) in [6.07, 6.45) is 2.30. The summed E-state index contributed by atoms with van der Waals surface area (Å²) in [6.45, 7) is 7.74. The monoisotopic (exact) mass is 546 g/mol. The van der Waals surface area contributed by atoms with Gasteiger partial charge < -0.3 is 24.9 Å². The summed E-state index contributed by atoms with van der Waals surface area (Å²) in [5, 5.41) is 22.7. The maximum atomic E-state index is 13.2. The fourth-order valence-electron chi connectivity index (χ4n) is 4.44. The van der Waals surface area contributed by atoms with Gasteiger partial charge in [-0.3, -0.25) is 9.59 Å². The van der Waals surface area contributed by atoms with Crippen LogP contribution in [0.15, 0.2) is 57.5 Å². The van der Waals surface area contributed by atoms with Crippen molar-refractivity contribution in [3.63, 3.8) is 0 Å². The van der Waals surface area contributed by atoms with Crippen molar-refractivity contribution in [2.24, 2.45) is 10.2 Å². The number of aromatic amines is 1. The Morgan fingerprint density at radius 3 is 2.33 bits per heavy atom. The number of benzene rings is 2. The molecule has 1 aromatic heterocycles. The lowest BCUT2D eigenvalue weighted by molar-refractivity contribution is -0.120. The number of nitrogens with zero attached hydrogens (tertiary/aromatic N) is 2. The van der Waals surface area contributed by atoms with Gasteiger partial charge in [-0.05, 0) is 51.3 Å². The van der Waals surface area contributed by atoms with Gasteiger partial charge in [0.1, 0.15) is 22.8 Å². The van der Waals surface area contributed by atoms with Crippen LogP contribution in [0.2, 0.25) is 0 Å². The molecule has 3 N–H and O–H groups in total. The number of rotatable bonds is 12. The molecule has 0 atom stereocenters. The van der Waals surface area contributed by atoms with Crippen molar-refractivity contribution in [3.8, 4) is 28.4 Å². The van der Waals surface area contributed by atoms with Crippen LogP contribution >= 0.6 is 0 Å². The minimum absolute atomic E-state index is 0.0105. The highest BCUT2D eigenvalue weighted by molar-refractivity contribution is 6.04. The molecule has 0 unspecified atom stereocenters. The largest absolute Gasteiger partial charge is 0.506 e. The van der Waals surface area contributed by atoms with E-state index in [9.17, 15) is 14.7 Å². The topological polar surface area (TPSA) is 125 Å². The number of unbranched alkanes of at least 4 members (excludes halogenated alkanes) is 1. The molecule has 0 radical (unpaired) electrons. The number of pyridine rings is 1. The van der Waals surface area contributed by atoms with Gasteiger partial charge in [-0.25, -0.2) is 0 Å². The van der Waals surface area contributed by atoms with Crippen molar-refractivity contribution >= 4 is 17.3 Å². The lowest BCUT2D eigenvalue weighted by Crippen LogP contribution is -2.24. The molecule has 0 spiro atoms. The van der Waals surface area contributed by atoms with Gasteiger partial charge in [0.05, 0.1) is 37.5 Å². The molecule has 9 nitrogen and oxygen atoms in total. The van der Waals surface area contributed by atoms with Gasteiger partial charge in [0.15, 0.2) is 0 Å². The Labute approximate surface area is 235 Å². The number of methoxy groups -OCH3 is 2. The summed E-state index contributed by atoms with van der Waals surface area (Å²) in [4.78, 5) is 28.5. The average Bonchev–Trinajstić information content (AvgIpc) is 2.93. The summed E-state index contributed by atoms with van der Waals surface area (Å²) in [6, 6.07) is 13.2. The van der Waals surface area contributed by atoms with Crippen LogP contribution in [0.4, 0.5) is 0 Å². The number of nitrogens with one attached hydrogen (secondary N) is 2. The van der Waals surface area contributed by atoms with Crippen molar-refractivity contribution < 1.29 is 19.4 Å². The summed E-state index contributed by atoms with van der Waals surface area (Å²) >= 11 is 0. The molecule has 0 aliphatic carbocycles. The molecule has 1 amide bonds. The molecule has 9 heteroatoms. The zero-order valence-electron chi connectivity index (χ0n) is 24.1. The van der Waals surface area contributed by atoms with Crippen LogP contribution in [0.1, 0.15) is 62.4 Å². The van der Waals surface area contributed by atoms with E-state index in [1.54, 1.807) is 32.0 Å². The predicted octanol–water partition coefficient (Wildman–Crippen LogP) is 5.31. The molecule has 212 valence electrons. The lowest BCUT2D eigenvalue weighted by atomic mass is 9.95. The van der Waals surface area contributed by atoms with E-state index in [2.05, 4.69) is 27.4 Å². The van der Waals surface area contributed by atoms with Crippen LogP contribution < -0.4 is 20.3 Å². The minimum Gasteiger partial charge on any atom is -0.506 e. The third-order valence-electron chi connectivity index (χ3n) is 6.45. The van der Waals surface area contributed by atoms with E-state index in [-0.39, 0.29) is 29.4 Å². The SMILES string of the molecule is CCCCc1[nH]c(=O)c(/C(C)=N/N=C(\C)CC(=O)NCc2cccc(C)c2)c(O)c1-c1c(OC)cccc1OC. The number of aryl methyl sites for hydroxylation is 2. The van der Waals surface area contributed by atoms with Crippen LogP contribution in [-0.2, 0) is 17.8 Å². The second-order valence-corrected chi connectivity index (χ2v) is 9.64. The van der Waals surface area contributed by atoms with E-state index in [0.717, 1.165) is 24.0 Å². The minimum atomic E-state index is -0.480. The molecule has 0 saturated heterocycles. The molecule has 0 saturated carbocycles. The smallest absolute Gasteiger partial charge is 0.261 e. The van der Waals surface area contributed by atoms with Crippen LogP contribution in [0.3, 0.4) is 0 Å². The molecule has 0 bridgehead atoms. The number of carbonyl (C=O) groups excluding carboxylic acids is 1. The van der Waals surface area contributed by atoms with Gasteiger partial charge in [-0.1, -0.05) is 49.2 Å². The molecular weight excluding hydrogens is 508 g/mol. The summed E-state index contributed by atoms with van der Waals surface area (Å²) in [5.74, 6) is 0.556. The van der Waals surface area contributed by atoms with Crippen molar-refractivity contribution in [1.29, 1.82) is 0 Å². The van der Waals surface area contributed by atoms with Crippen molar-refractivity contribution in [2.45, 2.75) is 59.9 Å². The standard InChI is InChI=1S/C31H38N4O5/c1-7-8-13-23-28(29-24(39-5)14-10-15-25(29)40-6)30(37)27(31(38)33-23)21(4)35-34-20(3)17-26(36)32-18-22-12-9-11-19(2)16-22/h9-12,14-16H,7-8,13,17-18H2,1-6H3,(H,32,36)(H2,33,37,38)/b34-20+,35-21+. The number of amides is 1. The summed E-state index contributed by atoms with van der Waals surface area (Å²) < 4.78 is 11.2. The third-order valence-corrected chi connectivity index (χ3v) is 6.45. The van der Waals surface area contributed by atoms with Crippen LogP contribution in [0, 0.1) is 6.92 Å². The van der Waals surface area contributed by atoms with Crippen LogP contribution in [-0.4, -0.2) is 41.6 Å². The molecule has 0 aliphatic rings. The number of carbonyl (C=O) groups is 1. The zero-order chi connectivity index (χ0) is 29.2. The Bertz CT molecular complexity index is 1450. The van der Waals surface area contributed by atoms with Gasteiger partial charge in [0.25, 0.3) is 5.56 Å². The first-order chi connectivity index (χ1) is 19.2. The first-order valence-corrected chi connectivity index (χ1v) is 13.3. The van der Waals surface area contributed by atoms with E-state index < -0.39 is 5.56 Å². The second kappa shape index (κ2) is 14.1. The molecule has 3 aromatic rings. The van der Waals surface area contributed by atoms with Gasteiger partial charge in [0, 0.05) is 18.0 Å². The molecule has 3 rings (SSSR count). The van der Waals surface area contributed by atoms with E-state index in [4.69, 9.17) is 9.47 Å². The Kier molecular flexibility index (Phi) is 10.6. The van der Waals surface area contributed by atoms with Crippen LogP contribution in [0.5, 0.6) is 17.2 Å². The van der Waals surface area contributed by atoms with Crippen molar-refractivity contribution in [1.82, 2.24) is 10.3 Å². The summed E-state index contributed by atoms with van der Waals surface area (Å²) in [5.41, 5.74) is 3.84. The lowest BCUT2D eigenvalue weighted by Gasteiger charge is -2.19. The van der Waals surface area contributed by atoms with Gasteiger partial charge in [0.2, 0.25) is 5.91 Å². The highest BCUT2D eigenvalue weighted by Crippen LogP contribution is 2.44. The number of hydrogen-bond donors (Lipinski definition) is 3. The Morgan fingerprint density at radius 1 is 1.02 bits per heavy atom. The summed E-state index contributed by atoms with van der Waals surface area (Å²) in [7, 11) is 3.07. The number of ether oxygens (including phenoxy) is 2. The number of aromatic nitrogens is 1. The van der Waals surface area contributed by atoms with E-state index in [1.165, 1.54) is 14.2 Å². The third kappa shape index (κ3) is 7.37. The van der Waals surface area contributed by atoms with Crippen molar-refractivity contribution in [3.05, 3.63) is 75.2 Å². The molecule has 2 aromatic carbocycles. The Hall–Kier alpha value is -4.40. The first kappa shape index (κ1) is 30.1. The maximum Gasteiger partial charge on any atom is 0.261 e. The van der Waals surface area contributed by atoms with E-state index >= 15 is 0 Å². The zero-order valence-corrected chi connectivity index (χ0v) is 24.1. The number of aromatic hydroxyl groups is 1. The Balaban J connectivity index is 1.94. The number of hydrogen-bond acceptors (Lipinski definition) is 7. The van der Waals surface area contributed by atoms with Gasteiger partial charge >= 0.3 is 0 Å². The highest BCUT2D eigenvalue weighted by atomic mass is 16.5. The molecule has 0 aliphatic heterocycles. The second-order valence-electron chi connectivity index (χ2n) is 9.64. The highest BCUT2D eigenvalue weighted by Gasteiger charge is 2.25. The first-order valence-electron chi connectivity index (χ1n) is 13.3. The average molecular weight is 547 g/mol. The van der Waals surface area contributed by atoms with E-state index in [1.807, 2.05) is 31.2 Å². The maximum absolute atomic E-state index is 13.2. The fraction of sp³-hybridized carbons (Fsp3) is 0.355. The normalized spacial score (nSPS) is 11.8.